The Bertz CT molecular complexity index is 244. The third kappa shape index (κ3) is 6.94. The molecule has 1 atom stereocenters. The van der Waals surface area contributed by atoms with E-state index in [4.69, 9.17) is 4.74 Å². The minimum absolute atomic E-state index is 0.00888. The summed E-state index contributed by atoms with van der Waals surface area (Å²) in [5.74, 6) is -0.420. The van der Waals surface area contributed by atoms with Crippen molar-refractivity contribution in [3.63, 3.8) is 0 Å². The first-order valence-electron chi connectivity index (χ1n) is 6.20. The van der Waals surface area contributed by atoms with E-state index in [1.54, 1.807) is 6.92 Å². The number of hydrogen-bond acceptors (Lipinski definition) is 4. The number of rotatable bonds is 8. The molecular weight excluding hydrogens is 220 g/mol. The molecule has 0 spiro atoms. The van der Waals surface area contributed by atoms with E-state index in [1.165, 1.54) is 0 Å². The molecule has 0 saturated heterocycles. The zero-order chi connectivity index (χ0) is 13.3. The Kier molecular flexibility index (Phi) is 8.40. The number of esters is 1. The third-order valence-corrected chi connectivity index (χ3v) is 2.41. The second-order valence-electron chi connectivity index (χ2n) is 3.93. The highest BCUT2D eigenvalue weighted by Gasteiger charge is 2.18. The van der Waals surface area contributed by atoms with Crippen LogP contribution in [0, 0.1) is 5.92 Å². The van der Waals surface area contributed by atoms with Crippen LogP contribution in [-0.4, -0.2) is 49.6 Å². The van der Waals surface area contributed by atoms with Gasteiger partial charge in [-0.25, -0.2) is 0 Å². The van der Waals surface area contributed by atoms with Gasteiger partial charge in [-0.15, -0.1) is 0 Å². The molecule has 0 saturated carbocycles. The molecule has 0 aromatic rings. The molecule has 0 heterocycles. The Morgan fingerprint density at radius 3 is 2.41 bits per heavy atom. The second kappa shape index (κ2) is 8.98. The number of amides is 1. The van der Waals surface area contributed by atoms with Gasteiger partial charge < -0.3 is 10.1 Å². The van der Waals surface area contributed by atoms with Gasteiger partial charge in [0.1, 0.15) is 0 Å². The van der Waals surface area contributed by atoms with Crippen molar-refractivity contribution in [2.24, 2.45) is 5.92 Å². The summed E-state index contributed by atoms with van der Waals surface area (Å²) in [7, 11) is 0. The van der Waals surface area contributed by atoms with Crippen LogP contribution in [0.5, 0.6) is 0 Å². The largest absolute Gasteiger partial charge is 0.466 e. The summed E-state index contributed by atoms with van der Waals surface area (Å²) in [5, 5.41) is 2.74. The van der Waals surface area contributed by atoms with Gasteiger partial charge in [-0.1, -0.05) is 13.8 Å². The molecule has 17 heavy (non-hydrogen) atoms. The number of carbonyl (C=O) groups excluding carboxylic acids is 2. The van der Waals surface area contributed by atoms with Crippen molar-refractivity contribution < 1.29 is 14.3 Å². The van der Waals surface area contributed by atoms with Gasteiger partial charge in [-0.05, 0) is 20.4 Å². The predicted molar refractivity (Wildman–Crippen MR) is 66.6 cm³/mol. The fraction of sp³-hybridized carbons (Fsp3) is 0.833. The van der Waals surface area contributed by atoms with Gasteiger partial charge in [0, 0.05) is 13.1 Å². The number of likely N-dealkylation sites (N-methyl/N-ethyl adjacent to an activating group) is 2. The van der Waals surface area contributed by atoms with Crippen molar-refractivity contribution in [1.82, 2.24) is 10.2 Å². The smallest absolute Gasteiger partial charge is 0.309 e. The highest BCUT2D eigenvalue weighted by molar-refractivity contribution is 5.78. The first kappa shape index (κ1) is 15.9. The maximum absolute atomic E-state index is 11.5. The number of carbonyl (C=O) groups is 2. The molecule has 0 rings (SSSR count). The minimum atomic E-state index is -0.207. The van der Waals surface area contributed by atoms with Gasteiger partial charge in [0.05, 0.1) is 19.1 Å². The van der Waals surface area contributed by atoms with Crippen LogP contribution in [0.25, 0.3) is 0 Å². The van der Waals surface area contributed by atoms with Crippen LogP contribution in [0.4, 0.5) is 0 Å². The molecule has 0 bridgehead atoms. The fourth-order valence-electron chi connectivity index (χ4n) is 1.51. The van der Waals surface area contributed by atoms with Crippen molar-refractivity contribution >= 4 is 11.9 Å². The van der Waals surface area contributed by atoms with Crippen LogP contribution in [-0.2, 0) is 14.3 Å². The molecule has 1 N–H and O–H groups in total. The lowest BCUT2D eigenvalue weighted by Crippen LogP contribution is -2.40. The molecule has 5 nitrogen and oxygen atoms in total. The summed E-state index contributed by atoms with van der Waals surface area (Å²) in [4.78, 5) is 24.8. The summed E-state index contributed by atoms with van der Waals surface area (Å²) in [6, 6.07) is 0. The maximum Gasteiger partial charge on any atom is 0.309 e. The Labute approximate surface area is 103 Å². The van der Waals surface area contributed by atoms with Crippen LogP contribution in [0.1, 0.15) is 27.7 Å². The van der Waals surface area contributed by atoms with Gasteiger partial charge >= 0.3 is 5.97 Å². The van der Waals surface area contributed by atoms with Crippen molar-refractivity contribution in [3.8, 4) is 0 Å². The van der Waals surface area contributed by atoms with Crippen LogP contribution >= 0.6 is 0 Å². The van der Waals surface area contributed by atoms with E-state index in [0.717, 1.165) is 6.54 Å². The number of nitrogens with one attached hydrogen (secondary N) is 1. The van der Waals surface area contributed by atoms with Crippen LogP contribution in [0.15, 0.2) is 0 Å². The summed E-state index contributed by atoms with van der Waals surface area (Å²) in [5.41, 5.74) is 0. The molecule has 100 valence electrons. The normalized spacial score (nSPS) is 12.3. The zero-order valence-corrected chi connectivity index (χ0v) is 11.3. The Morgan fingerprint density at radius 1 is 1.29 bits per heavy atom. The predicted octanol–water partition coefficient (Wildman–Crippen LogP) is 0.644. The Morgan fingerprint density at radius 2 is 1.94 bits per heavy atom. The van der Waals surface area contributed by atoms with E-state index in [-0.39, 0.29) is 17.8 Å². The monoisotopic (exact) mass is 244 g/mol. The van der Waals surface area contributed by atoms with Crippen LogP contribution in [0.3, 0.4) is 0 Å². The zero-order valence-electron chi connectivity index (χ0n) is 11.3. The lowest BCUT2D eigenvalue weighted by atomic mass is 10.1. The molecule has 0 aliphatic heterocycles. The first-order valence-corrected chi connectivity index (χ1v) is 6.20. The van der Waals surface area contributed by atoms with E-state index in [9.17, 15) is 9.59 Å². The van der Waals surface area contributed by atoms with Gasteiger partial charge in [0.15, 0.2) is 0 Å². The fourth-order valence-corrected chi connectivity index (χ4v) is 1.51. The lowest BCUT2D eigenvalue weighted by molar-refractivity contribution is -0.148. The van der Waals surface area contributed by atoms with E-state index in [2.05, 4.69) is 5.32 Å². The molecular formula is C12H24N2O3. The standard InChI is InChI=1S/C12H24N2O3/c1-5-13-11(15)9-14(6-2)8-10(4)12(16)17-7-3/h10H,5-9H2,1-4H3,(H,13,15). The van der Waals surface area contributed by atoms with Gasteiger partial charge in [-0.2, -0.15) is 0 Å². The van der Waals surface area contributed by atoms with E-state index < -0.39 is 0 Å². The minimum Gasteiger partial charge on any atom is -0.466 e. The highest BCUT2D eigenvalue weighted by atomic mass is 16.5. The van der Waals surface area contributed by atoms with E-state index >= 15 is 0 Å². The number of hydrogen-bond donors (Lipinski definition) is 1. The van der Waals surface area contributed by atoms with Crippen molar-refractivity contribution in [3.05, 3.63) is 0 Å². The Balaban J connectivity index is 4.11. The molecule has 1 unspecified atom stereocenters. The van der Waals surface area contributed by atoms with Gasteiger partial charge in [0.25, 0.3) is 0 Å². The summed E-state index contributed by atoms with van der Waals surface area (Å²) in [6.07, 6.45) is 0. The van der Waals surface area contributed by atoms with E-state index in [0.29, 0.717) is 26.2 Å². The van der Waals surface area contributed by atoms with Crippen LogP contribution in [0.2, 0.25) is 0 Å². The third-order valence-electron chi connectivity index (χ3n) is 2.41. The molecule has 1 amide bonds. The maximum atomic E-state index is 11.5. The quantitative estimate of drug-likeness (QED) is 0.637. The molecule has 0 fully saturated rings. The molecule has 0 radical (unpaired) electrons. The summed E-state index contributed by atoms with van der Waals surface area (Å²) >= 11 is 0. The lowest BCUT2D eigenvalue weighted by Gasteiger charge is -2.22. The average Bonchev–Trinajstić information content (AvgIpc) is 2.28. The topological polar surface area (TPSA) is 58.6 Å². The van der Waals surface area contributed by atoms with Crippen molar-refractivity contribution in [1.29, 1.82) is 0 Å². The van der Waals surface area contributed by atoms with Crippen molar-refractivity contribution in [2.45, 2.75) is 27.7 Å². The summed E-state index contributed by atoms with van der Waals surface area (Å²) < 4.78 is 4.94. The van der Waals surface area contributed by atoms with Gasteiger partial charge in [-0.3, -0.25) is 14.5 Å². The molecule has 0 aromatic heterocycles. The van der Waals surface area contributed by atoms with Gasteiger partial charge in [0.2, 0.25) is 5.91 Å². The summed E-state index contributed by atoms with van der Waals surface area (Å²) in [6.45, 7) is 10.1. The molecule has 0 aliphatic carbocycles. The molecule has 5 heteroatoms. The molecule has 0 aromatic carbocycles. The number of ether oxygens (including phenoxy) is 1. The van der Waals surface area contributed by atoms with E-state index in [1.807, 2.05) is 25.7 Å². The molecule has 0 aliphatic rings. The highest BCUT2D eigenvalue weighted by Crippen LogP contribution is 2.02. The van der Waals surface area contributed by atoms with Crippen molar-refractivity contribution in [2.75, 3.05) is 32.8 Å². The SMILES string of the molecule is CCNC(=O)CN(CC)CC(C)C(=O)OCC. The average molecular weight is 244 g/mol. The number of nitrogens with zero attached hydrogens (tertiary/aromatic N) is 1. The Hall–Kier alpha value is -1.10. The first-order chi connectivity index (χ1) is 8.04. The second-order valence-corrected chi connectivity index (χ2v) is 3.93. The van der Waals surface area contributed by atoms with Crippen LogP contribution < -0.4 is 5.32 Å².